The summed E-state index contributed by atoms with van der Waals surface area (Å²) < 4.78 is 3.28. The van der Waals surface area contributed by atoms with Crippen molar-refractivity contribution in [2.75, 3.05) is 6.54 Å². The van der Waals surface area contributed by atoms with Gasteiger partial charge in [0.2, 0.25) is 0 Å². The molecular weight excluding hydrogens is 408 g/mol. The number of hydrogen-bond acceptors (Lipinski definition) is 2. The van der Waals surface area contributed by atoms with Gasteiger partial charge >= 0.3 is 0 Å². The summed E-state index contributed by atoms with van der Waals surface area (Å²) in [5.41, 5.74) is 3.30. The Kier molecular flexibility index (Phi) is 4.78. The van der Waals surface area contributed by atoms with Gasteiger partial charge in [0.1, 0.15) is 0 Å². The SMILES string of the molecule is CCN1C(=S)NC(c2ccccn2)C1c1cccn1-c1cccc(Br)c1. The van der Waals surface area contributed by atoms with Gasteiger partial charge in [0.05, 0.1) is 17.8 Å². The number of nitrogens with one attached hydrogen (secondary N) is 1. The lowest BCUT2D eigenvalue weighted by molar-refractivity contribution is 0.321. The molecule has 1 saturated heterocycles. The Bertz CT molecular complexity index is 924. The van der Waals surface area contributed by atoms with Crippen LogP contribution in [0.2, 0.25) is 0 Å². The lowest BCUT2D eigenvalue weighted by Crippen LogP contribution is -2.30. The predicted molar refractivity (Wildman–Crippen MR) is 111 cm³/mol. The number of halogens is 1. The lowest BCUT2D eigenvalue weighted by atomic mass is 10.0. The summed E-state index contributed by atoms with van der Waals surface area (Å²) in [4.78, 5) is 6.81. The van der Waals surface area contributed by atoms with E-state index in [4.69, 9.17) is 12.2 Å². The second-order valence-electron chi connectivity index (χ2n) is 6.20. The highest BCUT2D eigenvalue weighted by Crippen LogP contribution is 2.39. The quantitative estimate of drug-likeness (QED) is 0.616. The van der Waals surface area contributed by atoms with E-state index >= 15 is 0 Å². The molecule has 1 fully saturated rings. The first kappa shape index (κ1) is 17.2. The number of rotatable bonds is 4. The molecule has 0 amide bonds. The minimum Gasteiger partial charge on any atom is -0.352 e. The van der Waals surface area contributed by atoms with Crippen molar-refractivity contribution in [2.24, 2.45) is 0 Å². The van der Waals surface area contributed by atoms with Gasteiger partial charge in [-0.2, -0.15) is 0 Å². The molecule has 0 spiro atoms. The Balaban J connectivity index is 1.82. The van der Waals surface area contributed by atoms with E-state index < -0.39 is 0 Å². The number of likely N-dealkylation sites (N-methyl/N-ethyl adjacent to an activating group) is 1. The van der Waals surface area contributed by atoms with Crippen LogP contribution in [0.3, 0.4) is 0 Å². The molecule has 1 aromatic carbocycles. The fraction of sp³-hybridized carbons (Fsp3) is 0.200. The van der Waals surface area contributed by atoms with E-state index in [9.17, 15) is 0 Å². The van der Waals surface area contributed by atoms with Gasteiger partial charge in [-0.05, 0) is 61.6 Å². The highest BCUT2D eigenvalue weighted by Gasteiger charge is 2.40. The molecule has 1 N–H and O–H groups in total. The molecule has 0 bridgehead atoms. The molecule has 3 heterocycles. The molecule has 3 aromatic rings. The Hall–Kier alpha value is -2.18. The van der Waals surface area contributed by atoms with Gasteiger partial charge in [-0.3, -0.25) is 4.98 Å². The van der Waals surface area contributed by atoms with Crippen LogP contribution in [0.15, 0.2) is 71.5 Å². The molecule has 0 radical (unpaired) electrons. The van der Waals surface area contributed by atoms with Crippen LogP contribution in [0, 0.1) is 0 Å². The standard InChI is InChI=1S/C20H19BrN4S/c1-2-24-19(18(23-20(24)26)16-9-3-4-11-22-16)17-10-6-12-25(17)15-8-5-7-14(21)13-15/h3-13,18-19H,2H2,1H3,(H,23,26). The van der Waals surface area contributed by atoms with Gasteiger partial charge in [0.25, 0.3) is 0 Å². The Morgan fingerprint density at radius 2 is 2.04 bits per heavy atom. The normalized spacial score (nSPS) is 19.6. The molecule has 0 saturated carbocycles. The second kappa shape index (κ2) is 7.21. The van der Waals surface area contributed by atoms with Crippen molar-refractivity contribution in [1.29, 1.82) is 0 Å². The van der Waals surface area contributed by atoms with Crippen molar-refractivity contribution in [2.45, 2.75) is 19.0 Å². The molecule has 0 aliphatic carbocycles. The third-order valence-electron chi connectivity index (χ3n) is 4.71. The third kappa shape index (κ3) is 3.04. The number of pyridine rings is 1. The first-order valence-electron chi connectivity index (χ1n) is 8.60. The molecule has 26 heavy (non-hydrogen) atoms. The smallest absolute Gasteiger partial charge is 0.170 e. The molecule has 4 rings (SSSR count). The molecule has 2 unspecified atom stereocenters. The fourth-order valence-corrected chi connectivity index (χ4v) is 4.32. The first-order valence-corrected chi connectivity index (χ1v) is 9.80. The van der Waals surface area contributed by atoms with Crippen molar-refractivity contribution < 1.29 is 0 Å². The zero-order valence-electron chi connectivity index (χ0n) is 14.3. The van der Waals surface area contributed by atoms with Crippen LogP contribution in [0.4, 0.5) is 0 Å². The maximum Gasteiger partial charge on any atom is 0.170 e. The summed E-state index contributed by atoms with van der Waals surface area (Å²) in [6, 6.07) is 18.7. The van der Waals surface area contributed by atoms with Gasteiger partial charge in [-0.25, -0.2) is 0 Å². The third-order valence-corrected chi connectivity index (χ3v) is 5.55. The van der Waals surface area contributed by atoms with E-state index in [1.165, 1.54) is 5.69 Å². The summed E-state index contributed by atoms with van der Waals surface area (Å²) in [6.07, 6.45) is 3.93. The first-order chi connectivity index (χ1) is 12.7. The number of nitrogens with zero attached hydrogens (tertiary/aromatic N) is 3. The predicted octanol–water partition coefficient (Wildman–Crippen LogP) is 4.63. The van der Waals surface area contributed by atoms with Gasteiger partial charge in [-0.1, -0.05) is 28.1 Å². The Morgan fingerprint density at radius 1 is 1.15 bits per heavy atom. The zero-order chi connectivity index (χ0) is 18.1. The Morgan fingerprint density at radius 3 is 2.77 bits per heavy atom. The van der Waals surface area contributed by atoms with Crippen LogP contribution in [0.1, 0.15) is 30.4 Å². The second-order valence-corrected chi connectivity index (χ2v) is 7.50. The van der Waals surface area contributed by atoms with Gasteiger partial charge < -0.3 is 14.8 Å². The van der Waals surface area contributed by atoms with E-state index in [0.717, 1.165) is 27.5 Å². The lowest BCUT2D eigenvalue weighted by Gasteiger charge is -2.28. The van der Waals surface area contributed by atoms with Crippen molar-refractivity contribution in [1.82, 2.24) is 19.8 Å². The van der Waals surface area contributed by atoms with Crippen molar-refractivity contribution in [3.8, 4) is 5.69 Å². The minimum atomic E-state index is 0.0180. The maximum atomic E-state index is 5.62. The van der Waals surface area contributed by atoms with E-state index in [0.29, 0.717) is 0 Å². The molecule has 2 atom stereocenters. The summed E-state index contributed by atoms with van der Waals surface area (Å²) in [6.45, 7) is 2.97. The maximum absolute atomic E-state index is 5.62. The Labute approximate surface area is 167 Å². The van der Waals surface area contributed by atoms with Crippen molar-refractivity contribution in [3.63, 3.8) is 0 Å². The number of thiocarbonyl (C=S) groups is 1. The van der Waals surface area contributed by atoms with Crippen molar-refractivity contribution >= 4 is 33.3 Å². The molecule has 1 aliphatic rings. The summed E-state index contributed by atoms with van der Waals surface area (Å²) in [7, 11) is 0. The molecule has 2 aromatic heterocycles. The summed E-state index contributed by atoms with van der Waals surface area (Å²) in [5, 5.41) is 4.25. The molecule has 6 heteroatoms. The summed E-state index contributed by atoms with van der Waals surface area (Å²) >= 11 is 9.19. The molecule has 1 aliphatic heterocycles. The number of hydrogen-bond donors (Lipinski definition) is 1. The molecular formula is C20H19BrN4S. The highest BCUT2D eigenvalue weighted by atomic mass is 79.9. The van der Waals surface area contributed by atoms with Gasteiger partial charge in [-0.15, -0.1) is 0 Å². The van der Waals surface area contributed by atoms with Crippen LogP contribution in [0.5, 0.6) is 0 Å². The van der Waals surface area contributed by atoms with Crippen molar-refractivity contribution in [3.05, 3.63) is 82.9 Å². The highest BCUT2D eigenvalue weighted by molar-refractivity contribution is 9.10. The average molecular weight is 427 g/mol. The molecule has 4 nitrogen and oxygen atoms in total. The zero-order valence-corrected chi connectivity index (χ0v) is 16.7. The van der Waals surface area contributed by atoms with E-state index in [1.54, 1.807) is 0 Å². The largest absolute Gasteiger partial charge is 0.352 e. The minimum absolute atomic E-state index is 0.0180. The van der Waals surface area contributed by atoms with Crippen LogP contribution in [-0.2, 0) is 0 Å². The van der Waals surface area contributed by atoms with Gasteiger partial charge in [0.15, 0.2) is 5.11 Å². The fourth-order valence-electron chi connectivity index (χ4n) is 3.56. The van der Waals surface area contributed by atoms with Gasteiger partial charge in [0, 0.05) is 34.8 Å². The van der Waals surface area contributed by atoms with E-state index in [-0.39, 0.29) is 12.1 Å². The van der Waals surface area contributed by atoms with E-state index in [2.05, 4.69) is 85.2 Å². The van der Waals surface area contributed by atoms with Crippen LogP contribution < -0.4 is 5.32 Å². The van der Waals surface area contributed by atoms with Crippen LogP contribution in [-0.4, -0.2) is 26.1 Å². The average Bonchev–Trinajstić information content (AvgIpc) is 3.26. The van der Waals surface area contributed by atoms with E-state index in [1.807, 2.05) is 24.4 Å². The van der Waals surface area contributed by atoms with Crippen LogP contribution >= 0.6 is 28.1 Å². The van der Waals surface area contributed by atoms with Crippen LogP contribution in [0.25, 0.3) is 5.69 Å². The number of aromatic nitrogens is 2. The number of benzene rings is 1. The monoisotopic (exact) mass is 426 g/mol. The molecule has 132 valence electrons. The topological polar surface area (TPSA) is 33.1 Å². The summed E-state index contributed by atoms with van der Waals surface area (Å²) in [5.74, 6) is 0.